The number of benzene rings is 5. The van der Waals surface area contributed by atoms with Gasteiger partial charge in [-0.2, -0.15) is 0 Å². The topological polar surface area (TPSA) is 51.8 Å². The monoisotopic (exact) mass is 864 g/mol. The van der Waals surface area contributed by atoms with Crippen LogP contribution < -0.4 is 0 Å². The Morgan fingerprint density at radius 1 is 0.585 bits per heavy atom. The molecule has 1 radical (unpaired) electrons. The number of aromatic nitrogens is 3. The molecule has 0 unspecified atom stereocenters. The zero-order valence-electron chi connectivity index (χ0n) is 30.3. The number of hydrogen-bond acceptors (Lipinski definition) is 4. The average molecular weight is 864 g/mol. The van der Waals surface area contributed by atoms with E-state index in [2.05, 4.69) is 142 Å². The molecule has 0 spiro atoms. The van der Waals surface area contributed by atoms with Crippen molar-refractivity contribution in [3.63, 3.8) is 0 Å². The zero-order valence-corrected chi connectivity index (χ0v) is 32.7. The number of fused-ring (bicyclic) bond motifs is 4. The quantitative estimate of drug-likeness (QED) is 0.165. The Morgan fingerprint density at radius 3 is 2.21 bits per heavy atom. The van der Waals surface area contributed by atoms with Crippen LogP contribution in [0.3, 0.4) is 0 Å². The normalized spacial score (nSPS) is 11.0. The number of para-hydroxylation sites is 1. The molecular formula is C48H37IrN3O-2. The van der Waals surface area contributed by atoms with Gasteiger partial charge in [-0.1, -0.05) is 90.2 Å². The summed E-state index contributed by atoms with van der Waals surface area (Å²) in [6, 6.07) is 44.1. The van der Waals surface area contributed by atoms with E-state index < -0.39 is 0 Å². The summed E-state index contributed by atoms with van der Waals surface area (Å²) < 4.78 is 6.72. The first kappa shape index (κ1) is 35.7. The molecule has 0 amide bonds. The number of nitrogens with zero attached hydrogens (tertiary/aromatic N) is 3. The van der Waals surface area contributed by atoms with Gasteiger partial charge in [-0.25, -0.2) is 0 Å². The van der Waals surface area contributed by atoms with E-state index in [4.69, 9.17) is 9.40 Å². The van der Waals surface area contributed by atoms with Crippen LogP contribution in [0, 0.1) is 46.8 Å². The van der Waals surface area contributed by atoms with Gasteiger partial charge in [0.05, 0.1) is 5.58 Å². The molecule has 4 heterocycles. The van der Waals surface area contributed by atoms with E-state index in [-0.39, 0.29) is 20.1 Å². The van der Waals surface area contributed by atoms with Crippen LogP contribution in [0.4, 0.5) is 0 Å². The molecule has 53 heavy (non-hydrogen) atoms. The molecule has 0 aliphatic heterocycles. The fourth-order valence-electron chi connectivity index (χ4n) is 6.79. The maximum atomic E-state index is 6.72. The summed E-state index contributed by atoms with van der Waals surface area (Å²) in [5.74, 6) is 0. The van der Waals surface area contributed by atoms with Crippen LogP contribution in [0.5, 0.6) is 0 Å². The summed E-state index contributed by atoms with van der Waals surface area (Å²) >= 11 is 0. The smallest absolute Gasteiger partial charge is 0.128 e. The maximum absolute atomic E-state index is 6.72. The Hall–Kier alpha value is -5.74. The fourth-order valence-corrected chi connectivity index (χ4v) is 6.79. The second-order valence-corrected chi connectivity index (χ2v) is 13.4. The third-order valence-electron chi connectivity index (χ3n) is 9.93. The van der Waals surface area contributed by atoms with Crippen molar-refractivity contribution >= 4 is 32.7 Å². The molecular weight excluding hydrogens is 827 g/mol. The number of hydrogen-bond donors (Lipinski definition) is 0. The third-order valence-corrected chi connectivity index (χ3v) is 9.93. The SMILES string of the molecule is Cc1c[c-]c(-c2cc(C)c(C)cn2)cc1.Cc1cc2ccncc2c(-c2cccc3c2oc2c(-c4cc(-c5ccccc5)ccn4)[c-]ccc23)c1C.[Ir]. The summed E-state index contributed by atoms with van der Waals surface area (Å²) in [6.07, 6.45) is 7.57. The Labute approximate surface area is 324 Å². The first-order chi connectivity index (χ1) is 25.4. The van der Waals surface area contributed by atoms with Gasteiger partial charge < -0.3 is 14.4 Å². The predicted octanol–water partition coefficient (Wildman–Crippen LogP) is 12.4. The number of rotatable bonds is 4. The predicted molar refractivity (Wildman–Crippen MR) is 214 cm³/mol. The van der Waals surface area contributed by atoms with Crippen molar-refractivity contribution < 1.29 is 24.5 Å². The summed E-state index contributed by atoms with van der Waals surface area (Å²) in [5, 5.41) is 4.45. The van der Waals surface area contributed by atoms with E-state index >= 15 is 0 Å². The molecule has 0 bridgehead atoms. The molecule has 0 aliphatic carbocycles. The summed E-state index contributed by atoms with van der Waals surface area (Å²) in [4.78, 5) is 13.5. The molecule has 5 heteroatoms. The van der Waals surface area contributed by atoms with Crippen LogP contribution >= 0.6 is 0 Å². The van der Waals surface area contributed by atoms with Crippen molar-refractivity contribution in [2.75, 3.05) is 0 Å². The van der Waals surface area contributed by atoms with Crippen LogP contribution in [-0.2, 0) is 20.1 Å². The van der Waals surface area contributed by atoms with Gasteiger partial charge in [0.25, 0.3) is 0 Å². The first-order valence-electron chi connectivity index (χ1n) is 17.5. The van der Waals surface area contributed by atoms with E-state index in [0.29, 0.717) is 0 Å². The fraction of sp³-hybridized carbons (Fsp3) is 0.104. The molecule has 261 valence electrons. The molecule has 0 aliphatic rings. The summed E-state index contributed by atoms with van der Waals surface area (Å²) in [7, 11) is 0. The molecule has 0 atom stereocenters. The molecule has 9 rings (SSSR count). The molecule has 0 N–H and O–H groups in total. The van der Waals surface area contributed by atoms with E-state index in [9.17, 15) is 0 Å². The van der Waals surface area contributed by atoms with E-state index in [1.807, 2.05) is 49.1 Å². The number of aryl methyl sites for hydroxylation is 4. The molecule has 0 saturated carbocycles. The zero-order chi connectivity index (χ0) is 35.8. The molecule has 0 saturated heterocycles. The van der Waals surface area contributed by atoms with Gasteiger partial charge in [-0.15, -0.1) is 53.6 Å². The molecule has 9 aromatic rings. The first-order valence-corrected chi connectivity index (χ1v) is 17.5. The van der Waals surface area contributed by atoms with Crippen LogP contribution in [0.15, 0.2) is 138 Å². The van der Waals surface area contributed by atoms with Crippen LogP contribution in [0.1, 0.15) is 27.8 Å². The molecule has 4 nitrogen and oxygen atoms in total. The van der Waals surface area contributed by atoms with Gasteiger partial charge in [0.2, 0.25) is 0 Å². The molecule has 4 aromatic heterocycles. The van der Waals surface area contributed by atoms with Gasteiger partial charge in [0.15, 0.2) is 0 Å². The van der Waals surface area contributed by atoms with Gasteiger partial charge in [-0.05, 0) is 90.0 Å². The maximum Gasteiger partial charge on any atom is 0.128 e. The van der Waals surface area contributed by atoms with Crippen LogP contribution in [0.2, 0.25) is 0 Å². The number of pyridine rings is 3. The minimum absolute atomic E-state index is 0. The van der Waals surface area contributed by atoms with Crippen molar-refractivity contribution in [3.05, 3.63) is 174 Å². The van der Waals surface area contributed by atoms with E-state index in [1.165, 1.54) is 38.8 Å². The van der Waals surface area contributed by atoms with Crippen LogP contribution in [-0.4, -0.2) is 15.0 Å². The minimum Gasteiger partial charge on any atom is -0.500 e. The Balaban J connectivity index is 0.000000229. The Bertz CT molecular complexity index is 2730. The molecule has 0 fully saturated rings. The van der Waals surface area contributed by atoms with Gasteiger partial charge in [-0.3, -0.25) is 4.98 Å². The van der Waals surface area contributed by atoms with Gasteiger partial charge in [0.1, 0.15) is 5.58 Å². The molecule has 5 aromatic carbocycles. The van der Waals surface area contributed by atoms with Crippen molar-refractivity contribution in [2.24, 2.45) is 0 Å². The van der Waals surface area contributed by atoms with Crippen LogP contribution in [0.25, 0.3) is 77.5 Å². The van der Waals surface area contributed by atoms with Crippen molar-refractivity contribution in [2.45, 2.75) is 34.6 Å². The Morgan fingerprint density at radius 2 is 1.42 bits per heavy atom. The van der Waals surface area contributed by atoms with E-state index in [0.717, 1.165) is 66.5 Å². The second kappa shape index (κ2) is 15.1. The number of furan rings is 1. The summed E-state index contributed by atoms with van der Waals surface area (Å²) in [5.41, 5.74) is 16.2. The van der Waals surface area contributed by atoms with E-state index in [1.54, 1.807) is 0 Å². The van der Waals surface area contributed by atoms with Gasteiger partial charge in [0, 0.05) is 61.2 Å². The minimum atomic E-state index is 0. The largest absolute Gasteiger partial charge is 0.500 e. The average Bonchev–Trinajstić information content (AvgIpc) is 3.57. The standard InChI is InChI=1S/C34H23N2O.C14H14N.Ir/c1-21-18-25-14-16-35-20-30(25)32(22(21)2)29-13-7-11-27-26-10-6-12-28(33(26)37-34(27)29)31-19-24(15-17-36-31)23-8-4-3-5-9-23;1-10-4-6-13(7-5-10)14-8-11(2)12(3)9-15-14;/h3-11,13-20H,1-2H3;4-6,8-9H,1-3H3;/q2*-1;. The summed E-state index contributed by atoms with van der Waals surface area (Å²) in [6.45, 7) is 10.6. The van der Waals surface area contributed by atoms with Crippen molar-refractivity contribution in [3.8, 4) is 44.8 Å². The van der Waals surface area contributed by atoms with Crippen molar-refractivity contribution in [1.82, 2.24) is 15.0 Å². The van der Waals surface area contributed by atoms with Crippen molar-refractivity contribution in [1.29, 1.82) is 0 Å². The second-order valence-electron chi connectivity index (χ2n) is 13.4. The van der Waals surface area contributed by atoms with Gasteiger partial charge >= 0.3 is 0 Å². The third kappa shape index (κ3) is 6.94. The Kier molecular flexibility index (Phi) is 10.1.